The van der Waals surface area contributed by atoms with E-state index in [1.54, 1.807) is 13.1 Å². The summed E-state index contributed by atoms with van der Waals surface area (Å²) in [5, 5.41) is 31.3. The van der Waals surface area contributed by atoms with Crippen LogP contribution in [0.5, 0.6) is 0 Å². The Morgan fingerprint density at radius 3 is 2.90 bits per heavy atom. The van der Waals surface area contributed by atoms with Crippen LogP contribution >= 0.6 is 0 Å². The van der Waals surface area contributed by atoms with Crippen LogP contribution in [-0.4, -0.2) is 45.6 Å². The minimum atomic E-state index is -1.35. The minimum absolute atomic E-state index is 0.391. The maximum absolute atomic E-state index is 12.0. The normalized spacial score (nSPS) is 32.9. The van der Waals surface area contributed by atoms with Crippen LogP contribution in [0.2, 0.25) is 0 Å². The molecule has 3 N–H and O–H groups in total. The molecule has 2 heterocycles. The molecular formula is C12H16N4O4. The van der Waals surface area contributed by atoms with E-state index < -0.39 is 36.1 Å². The first-order valence-electron chi connectivity index (χ1n) is 6.10. The number of aromatic nitrogens is 2. The molecule has 8 nitrogen and oxygen atoms in total. The molecule has 0 amide bonds. The lowest BCUT2D eigenvalue weighted by atomic mass is 9.84. The number of nitrogens with zero attached hydrogens (tertiary/aromatic N) is 3. The first-order valence-corrected chi connectivity index (χ1v) is 6.10. The summed E-state index contributed by atoms with van der Waals surface area (Å²) in [5.41, 5.74) is -1.95. The van der Waals surface area contributed by atoms with Crippen molar-refractivity contribution >= 4 is 5.82 Å². The number of hydrogen-bond donors (Lipinski definition) is 3. The SMILES string of the molecule is CNc1ccn([C@H]2O[C@H](CO)[C@@H](O)[C@@]2(C)C#N)c(=O)n1. The van der Waals surface area contributed by atoms with Gasteiger partial charge in [-0.25, -0.2) is 4.79 Å². The molecule has 1 saturated heterocycles. The minimum Gasteiger partial charge on any atom is -0.394 e. The fraction of sp³-hybridized carbons (Fsp3) is 0.583. The van der Waals surface area contributed by atoms with Crippen molar-refractivity contribution in [3.8, 4) is 6.07 Å². The van der Waals surface area contributed by atoms with Crippen molar-refractivity contribution in [2.24, 2.45) is 5.41 Å². The van der Waals surface area contributed by atoms with Gasteiger partial charge in [-0.1, -0.05) is 0 Å². The van der Waals surface area contributed by atoms with Crippen LogP contribution in [-0.2, 0) is 4.74 Å². The fourth-order valence-electron chi connectivity index (χ4n) is 2.26. The molecule has 0 radical (unpaired) electrons. The predicted octanol–water partition coefficient (Wildman–Crippen LogP) is -0.935. The zero-order valence-electron chi connectivity index (χ0n) is 11.1. The van der Waals surface area contributed by atoms with E-state index in [0.29, 0.717) is 5.82 Å². The quantitative estimate of drug-likeness (QED) is 0.653. The second-order valence-electron chi connectivity index (χ2n) is 4.80. The van der Waals surface area contributed by atoms with Gasteiger partial charge in [0.05, 0.1) is 12.7 Å². The van der Waals surface area contributed by atoms with Crippen LogP contribution in [0, 0.1) is 16.7 Å². The summed E-state index contributed by atoms with van der Waals surface area (Å²) in [6, 6.07) is 3.53. The Hall–Kier alpha value is -1.95. The number of nitriles is 1. The van der Waals surface area contributed by atoms with Gasteiger partial charge in [0.15, 0.2) is 6.23 Å². The number of hydrogen-bond acceptors (Lipinski definition) is 7. The van der Waals surface area contributed by atoms with E-state index in [1.165, 1.54) is 13.1 Å². The van der Waals surface area contributed by atoms with E-state index in [2.05, 4.69) is 10.3 Å². The molecule has 0 spiro atoms. The number of nitrogens with one attached hydrogen (secondary N) is 1. The van der Waals surface area contributed by atoms with E-state index in [4.69, 9.17) is 4.74 Å². The third kappa shape index (κ3) is 2.06. The van der Waals surface area contributed by atoms with Crippen LogP contribution in [0.3, 0.4) is 0 Å². The number of rotatable bonds is 3. The number of aliphatic hydroxyl groups is 2. The van der Waals surface area contributed by atoms with Gasteiger partial charge < -0.3 is 20.3 Å². The average Bonchev–Trinajstić information content (AvgIpc) is 2.72. The fourth-order valence-corrected chi connectivity index (χ4v) is 2.26. The van der Waals surface area contributed by atoms with Crippen LogP contribution in [0.1, 0.15) is 13.2 Å². The lowest BCUT2D eigenvalue weighted by Gasteiger charge is -2.25. The van der Waals surface area contributed by atoms with E-state index in [9.17, 15) is 20.3 Å². The second kappa shape index (κ2) is 5.20. The molecule has 1 fully saturated rings. The van der Waals surface area contributed by atoms with Gasteiger partial charge >= 0.3 is 5.69 Å². The second-order valence-corrected chi connectivity index (χ2v) is 4.80. The molecule has 1 aromatic heterocycles. The Morgan fingerprint density at radius 1 is 1.70 bits per heavy atom. The maximum atomic E-state index is 12.0. The zero-order valence-corrected chi connectivity index (χ0v) is 11.1. The van der Waals surface area contributed by atoms with E-state index in [1.807, 2.05) is 6.07 Å². The van der Waals surface area contributed by atoms with Gasteiger partial charge in [-0.05, 0) is 13.0 Å². The van der Waals surface area contributed by atoms with Crippen molar-refractivity contribution in [2.45, 2.75) is 25.4 Å². The molecular weight excluding hydrogens is 264 g/mol. The molecule has 2 rings (SSSR count). The lowest BCUT2D eigenvalue weighted by Crippen LogP contribution is -2.39. The molecule has 1 aliphatic rings. The molecule has 0 unspecified atom stereocenters. The van der Waals surface area contributed by atoms with Crippen molar-refractivity contribution in [1.29, 1.82) is 5.26 Å². The van der Waals surface area contributed by atoms with Crippen molar-refractivity contribution in [3.05, 3.63) is 22.7 Å². The monoisotopic (exact) mass is 280 g/mol. The van der Waals surface area contributed by atoms with Crippen LogP contribution in [0.25, 0.3) is 0 Å². The maximum Gasteiger partial charge on any atom is 0.351 e. The number of ether oxygens (including phenoxy) is 1. The summed E-state index contributed by atoms with van der Waals surface area (Å²) < 4.78 is 6.59. The standard InChI is InChI=1S/C12H16N4O4/c1-12(6-13)9(18)7(5-17)20-10(12)16-4-3-8(14-2)15-11(16)19/h3-4,7,9-10,17-18H,5H2,1-2H3,(H,14,15,19)/t7-,9-,10+,12-/m1/s1. The van der Waals surface area contributed by atoms with Gasteiger partial charge in [-0.3, -0.25) is 4.57 Å². The Kier molecular flexibility index (Phi) is 3.76. The smallest absolute Gasteiger partial charge is 0.351 e. The van der Waals surface area contributed by atoms with Crippen LogP contribution in [0.4, 0.5) is 5.82 Å². The molecule has 108 valence electrons. The highest BCUT2D eigenvalue weighted by atomic mass is 16.5. The highest BCUT2D eigenvalue weighted by molar-refractivity contribution is 5.30. The molecule has 8 heteroatoms. The highest BCUT2D eigenvalue weighted by Crippen LogP contribution is 2.44. The topological polar surface area (TPSA) is 120 Å². The summed E-state index contributed by atoms with van der Waals surface area (Å²) in [6.07, 6.45) is -1.68. The first-order chi connectivity index (χ1) is 9.47. The molecule has 0 aromatic carbocycles. The van der Waals surface area contributed by atoms with Gasteiger partial charge in [0.1, 0.15) is 23.4 Å². The Balaban J connectivity index is 2.47. The van der Waals surface area contributed by atoms with E-state index in [0.717, 1.165) is 4.57 Å². The Bertz CT molecular complexity index is 596. The molecule has 20 heavy (non-hydrogen) atoms. The summed E-state index contributed by atoms with van der Waals surface area (Å²) in [7, 11) is 1.63. The third-order valence-electron chi connectivity index (χ3n) is 3.54. The van der Waals surface area contributed by atoms with Crippen LogP contribution < -0.4 is 11.0 Å². The van der Waals surface area contributed by atoms with Gasteiger partial charge in [-0.15, -0.1) is 0 Å². The molecule has 0 saturated carbocycles. The summed E-state index contributed by atoms with van der Waals surface area (Å²) in [5.74, 6) is 0.391. The molecule has 1 aliphatic heterocycles. The summed E-state index contributed by atoms with van der Waals surface area (Å²) in [4.78, 5) is 15.7. The third-order valence-corrected chi connectivity index (χ3v) is 3.54. The molecule has 0 bridgehead atoms. The predicted molar refractivity (Wildman–Crippen MR) is 68.8 cm³/mol. The molecule has 4 atom stereocenters. The Morgan fingerprint density at radius 2 is 2.40 bits per heavy atom. The van der Waals surface area contributed by atoms with Gasteiger partial charge in [0.25, 0.3) is 0 Å². The average molecular weight is 280 g/mol. The van der Waals surface area contributed by atoms with Gasteiger partial charge in [0, 0.05) is 13.2 Å². The van der Waals surface area contributed by atoms with Crippen molar-refractivity contribution in [1.82, 2.24) is 9.55 Å². The largest absolute Gasteiger partial charge is 0.394 e. The molecule has 1 aromatic rings. The Labute approximate surface area is 115 Å². The van der Waals surface area contributed by atoms with Gasteiger partial charge in [-0.2, -0.15) is 10.2 Å². The number of anilines is 1. The summed E-state index contributed by atoms with van der Waals surface area (Å²) in [6.45, 7) is 1.04. The first kappa shape index (κ1) is 14.5. The number of aliphatic hydroxyl groups excluding tert-OH is 2. The van der Waals surface area contributed by atoms with Crippen molar-refractivity contribution in [3.63, 3.8) is 0 Å². The summed E-state index contributed by atoms with van der Waals surface area (Å²) >= 11 is 0. The van der Waals surface area contributed by atoms with Crippen molar-refractivity contribution < 1.29 is 14.9 Å². The molecule has 0 aliphatic carbocycles. The van der Waals surface area contributed by atoms with Crippen molar-refractivity contribution in [2.75, 3.05) is 19.0 Å². The zero-order chi connectivity index (χ0) is 14.9. The van der Waals surface area contributed by atoms with E-state index in [-0.39, 0.29) is 0 Å². The lowest BCUT2D eigenvalue weighted by molar-refractivity contribution is -0.0503. The highest BCUT2D eigenvalue weighted by Gasteiger charge is 2.54. The van der Waals surface area contributed by atoms with E-state index >= 15 is 0 Å². The van der Waals surface area contributed by atoms with Gasteiger partial charge in [0.2, 0.25) is 0 Å². The van der Waals surface area contributed by atoms with Crippen LogP contribution in [0.15, 0.2) is 17.1 Å².